The second kappa shape index (κ2) is 7.98. The van der Waals surface area contributed by atoms with Crippen LogP contribution >= 0.6 is 0 Å². The number of aryl methyl sites for hydroxylation is 1. The van der Waals surface area contributed by atoms with Crippen molar-refractivity contribution < 1.29 is 4.74 Å². The molecule has 6 heteroatoms. The topological polar surface area (TPSA) is 53.5 Å². The Hall–Kier alpha value is -1.24. The number of anilines is 1. The summed E-state index contributed by atoms with van der Waals surface area (Å²) in [6, 6.07) is 2.24. The largest absolute Gasteiger partial charge is 0.378 e. The zero-order chi connectivity index (χ0) is 17.1. The molecule has 1 aromatic rings. The molecule has 0 aliphatic carbocycles. The highest BCUT2D eigenvalue weighted by Crippen LogP contribution is 2.29. The van der Waals surface area contributed by atoms with Crippen molar-refractivity contribution in [3.63, 3.8) is 0 Å². The maximum absolute atomic E-state index is 5.47. The van der Waals surface area contributed by atoms with E-state index in [0.717, 1.165) is 43.9 Å². The Kier molecular flexibility index (Phi) is 5.48. The van der Waals surface area contributed by atoms with E-state index >= 15 is 0 Å². The fourth-order valence-electron chi connectivity index (χ4n) is 4.38. The van der Waals surface area contributed by atoms with Gasteiger partial charge >= 0.3 is 0 Å². The van der Waals surface area contributed by atoms with Gasteiger partial charge in [-0.05, 0) is 58.3 Å². The Balaban J connectivity index is 1.37. The lowest BCUT2D eigenvalue weighted by Gasteiger charge is -2.34. The van der Waals surface area contributed by atoms with E-state index in [1.807, 2.05) is 6.92 Å². The summed E-state index contributed by atoms with van der Waals surface area (Å²) in [7, 11) is 0. The van der Waals surface area contributed by atoms with E-state index in [0.29, 0.717) is 5.92 Å². The highest BCUT2D eigenvalue weighted by molar-refractivity contribution is 5.41. The summed E-state index contributed by atoms with van der Waals surface area (Å²) in [5.41, 5.74) is 1.25. The van der Waals surface area contributed by atoms with Gasteiger partial charge in [0.05, 0.1) is 13.2 Å². The van der Waals surface area contributed by atoms with Gasteiger partial charge in [0.25, 0.3) is 0 Å². The van der Waals surface area contributed by atoms with Crippen molar-refractivity contribution in [2.24, 2.45) is 5.92 Å². The fraction of sp³-hybridized carbons (Fsp3) is 0.789. The molecule has 0 radical (unpaired) electrons. The molecule has 3 aliphatic rings. The number of piperidine rings is 1. The number of hydrogen-bond acceptors (Lipinski definition) is 6. The van der Waals surface area contributed by atoms with E-state index in [1.54, 1.807) is 0 Å². The maximum atomic E-state index is 5.47. The van der Waals surface area contributed by atoms with Gasteiger partial charge in [-0.1, -0.05) is 0 Å². The molecule has 1 aromatic heterocycles. The van der Waals surface area contributed by atoms with E-state index in [-0.39, 0.29) is 0 Å². The van der Waals surface area contributed by atoms with Crippen LogP contribution < -0.4 is 10.2 Å². The summed E-state index contributed by atoms with van der Waals surface area (Å²) in [6.45, 7) is 11.6. The number of rotatable bonds is 4. The van der Waals surface area contributed by atoms with Gasteiger partial charge in [-0.15, -0.1) is 0 Å². The van der Waals surface area contributed by atoms with Crippen molar-refractivity contribution in [2.45, 2.75) is 32.1 Å². The van der Waals surface area contributed by atoms with Crippen LogP contribution in [0.3, 0.4) is 0 Å². The number of morpholine rings is 1. The van der Waals surface area contributed by atoms with E-state index in [1.165, 1.54) is 57.7 Å². The summed E-state index contributed by atoms with van der Waals surface area (Å²) in [4.78, 5) is 14.5. The van der Waals surface area contributed by atoms with Gasteiger partial charge in [0.1, 0.15) is 11.6 Å². The zero-order valence-corrected chi connectivity index (χ0v) is 15.4. The third-order valence-electron chi connectivity index (χ3n) is 5.86. The lowest BCUT2D eigenvalue weighted by atomic mass is 9.92. The SMILES string of the molecule is Cc1nc(C2CCN(C[C@H]3CCNC3)CC2)cc(N2CCOCC2)n1. The predicted octanol–water partition coefficient (Wildman–Crippen LogP) is 1.41. The molecule has 6 nitrogen and oxygen atoms in total. The van der Waals surface area contributed by atoms with Crippen molar-refractivity contribution in [1.29, 1.82) is 0 Å². The minimum atomic E-state index is 0.583. The second-order valence-corrected chi connectivity index (χ2v) is 7.73. The number of nitrogens with zero attached hydrogens (tertiary/aromatic N) is 4. The summed E-state index contributed by atoms with van der Waals surface area (Å²) in [5, 5.41) is 3.48. The summed E-state index contributed by atoms with van der Waals surface area (Å²) in [6.07, 6.45) is 3.78. The molecular formula is C19H31N5O. The Labute approximate surface area is 151 Å². The summed E-state index contributed by atoms with van der Waals surface area (Å²) < 4.78 is 5.47. The van der Waals surface area contributed by atoms with E-state index in [9.17, 15) is 0 Å². The molecule has 0 bridgehead atoms. The Morgan fingerprint density at radius 1 is 1.12 bits per heavy atom. The first kappa shape index (κ1) is 17.2. The van der Waals surface area contributed by atoms with Crippen LogP contribution in [0, 0.1) is 12.8 Å². The molecule has 0 amide bonds. The molecule has 3 fully saturated rings. The molecule has 138 valence electrons. The highest BCUT2D eigenvalue weighted by Gasteiger charge is 2.26. The zero-order valence-electron chi connectivity index (χ0n) is 15.4. The maximum Gasteiger partial charge on any atom is 0.132 e. The first-order valence-electron chi connectivity index (χ1n) is 9.89. The average Bonchev–Trinajstić information content (AvgIpc) is 3.16. The molecule has 3 aliphatic heterocycles. The number of ether oxygens (including phenoxy) is 1. The van der Waals surface area contributed by atoms with Crippen molar-refractivity contribution in [2.75, 3.05) is 63.9 Å². The highest BCUT2D eigenvalue weighted by atomic mass is 16.5. The normalized spacial score (nSPS) is 26.3. The van der Waals surface area contributed by atoms with Crippen LogP contribution in [0.1, 0.15) is 36.7 Å². The fourth-order valence-corrected chi connectivity index (χ4v) is 4.38. The number of nitrogens with one attached hydrogen (secondary N) is 1. The van der Waals surface area contributed by atoms with E-state index in [2.05, 4.69) is 26.2 Å². The smallest absolute Gasteiger partial charge is 0.132 e. The lowest BCUT2D eigenvalue weighted by Crippen LogP contribution is -2.38. The van der Waals surface area contributed by atoms with Crippen LogP contribution in [0.2, 0.25) is 0 Å². The average molecular weight is 345 g/mol. The second-order valence-electron chi connectivity index (χ2n) is 7.73. The van der Waals surface area contributed by atoms with E-state index in [4.69, 9.17) is 9.72 Å². The minimum Gasteiger partial charge on any atom is -0.378 e. The molecule has 4 rings (SSSR count). The third-order valence-corrected chi connectivity index (χ3v) is 5.86. The van der Waals surface area contributed by atoms with Gasteiger partial charge in [-0.25, -0.2) is 9.97 Å². The number of likely N-dealkylation sites (tertiary alicyclic amines) is 1. The third kappa shape index (κ3) is 4.30. The first-order valence-corrected chi connectivity index (χ1v) is 9.89. The number of hydrogen-bond donors (Lipinski definition) is 1. The quantitative estimate of drug-likeness (QED) is 0.891. The van der Waals surface area contributed by atoms with E-state index < -0.39 is 0 Å². The molecule has 1 N–H and O–H groups in total. The first-order chi connectivity index (χ1) is 12.3. The Morgan fingerprint density at radius 3 is 2.64 bits per heavy atom. The van der Waals surface area contributed by atoms with Crippen LogP contribution in [-0.2, 0) is 4.74 Å². The van der Waals surface area contributed by atoms with Gasteiger partial charge in [0.15, 0.2) is 0 Å². The molecule has 0 saturated carbocycles. The van der Waals surface area contributed by atoms with Crippen LogP contribution in [0.5, 0.6) is 0 Å². The van der Waals surface area contributed by atoms with Crippen LogP contribution in [0.15, 0.2) is 6.07 Å². The van der Waals surface area contributed by atoms with Crippen molar-refractivity contribution in [1.82, 2.24) is 20.2 Å². The molecule has 0 spiro atoms. The van der Waals surface area contributed by atoms with Gasteiger partial charge < -0.3 is 19.9 Å². The molecule has 3 saturated heterocycles. The van der Waals surface area contributed by atoms with Gasteiger partial charge in [0.2, 0.25) is 0 Å². The van der Waals surface area contributed by atoms with Crippen LogP contribution in [0.25, 0.3) is 0 Å². The van der Waals surface area contributed by atoms with Crippen molar-refractivity contribution in [3.05, 3.63) is 17.6 Å². The Morgan fingerprint density at radius 2 is 1.92 bits per heavy atom. The number of aromatic nitrogens is 2. The molecule has 0 aromatic carbocycles. The van der Waals surface area contributed by atoms with Crippen LogP contribution in [-0.4, -0.2) is 73.9 Å². The minimum absolute atomic E-state index is 0.583. The van der Waals surface area contributed by atoms with Crippen molar-refractivity contribution in [3.8, 4) is 0 Å². The molecular weight excluding hydrogens is 314 g/mol. The lowest BCUT2D eigenvalue weighted by molar-refractivity contribution is 0.122. The predicted molar refractivity (Wildman–Crippen MR) is 99.2 cm³/mol. The summed E-state index contributed by atoms with van der Waals surface area (Å²) >= 11 is 0. The monoisotopic (exact) mass is 345 g/mol. The molecule has 25 heavy (non-hydrogen) atoms. The Bertz CT molecular complexity index is 561. The molecule has 0 unspecified atom stereocenters. The van der Waals surface area contributed by atoms with Gasteiger partial charge in [0, 0.05) is 37.3 Å². The van der Waals surface area contributed by atoms with Gasteiger partial charge in [-0.2, -0.15) is 0 Å². The van der Waals surface area contributed by atoms with Gasteiger partial charge in [-0.3, -0.25) is 0 Å². The molecule has 1 atom stereocenters. The standard InChI is InChI=1S/C19H31N5O/c1-15-21-18(12-19(22-15)24-8-10-25-11-9-24)17-3-6-23(7-4-17)14-16-2-5-20-13-16/h12,16-17,20H,2-11,13-14H2,1H3/t16-/m0/s1. The molecule has 4 heterocycles. The van der Waals surface area contributed by atoms with Crippen LogP contribution in [0.4, 0.5) is 5.82 Å². The van der Waals surface area contributed by atoms with Crippen molar-refractivity contribution >= 4 is 5.82 Å². The summed E-state index contributed by atoms with van der Waals surface area (Å²) in [5.74, 6) is 3.42.